The maximum absolute atomic E-state index is 9.97. The molecule has 1 aliphatic heterocycles. The zero-order chi connectivity index (χ0) is 22.3. The number of likely N-dealkylation sites (N-methyl/N-ethyl adjacent to an activating group) is 1. The molecule has 30 heavy (non-hydrogen) atoms. The van der Waals surface area contributed by atoms with Gasteiger partial charge in [-0.1, -0.05) is 25.6 Å². The van der Waals surface area contributed by atoms with Gasteiger partial charge >= 0.3 is 0 Å². The Kier molecular flexibility index (Phi) is 7.72. The van der Waals surface area contributed by atoms with E-state index >= 15 is 0 Å². The fourth-order valence-corrected chi connectivity index (χ4v) is 3.55. The van der Waals surface area contributed by atoms with Gasteiger partial charge in [-0.3, -0.25) is 4.79 Å². The lowest BCUT2D eigenvalue weighted by Gasteiger charge is -2.33. The Labute approximate surface area is 177 Å². The van der Waals surface area contributed by atoms with Crippen LogP contribution in [0, 0.1) is 6.92 Å². The molecular weight excluding hydrogens is 380 g/mol. The summed E-state index contributed by atoms with van der Waals surface area (Å²) in [7, 11) is 1.56. The fraction of sp³-hybridized carbons (Fsp3) is 0.348. The predicted molar refractivity (Wildman–Crippen MR) is 122 cm³/mol. The van der Waals surface area contributed by atoms with Crippen molar-refractivity contribution < 1.29 is 14.6 Å². The van der Waals surface area contributed by atoms with Crippen molar-refractivity contribution in [1.29, 1.82) is 0 Å². The molecule has 1 aromatic heterocycles. The van der Waals surface area contributed by atoms with Crippen molar-refractivity contribution in [2.75, 3.05) is 26.0 Å². The van der Waals surface area contributed by atoms with E-state index in [0.717, 1.165) is 42.9 Å². The molecule has 3 rings (SSSR count). The van der Waals surface area contributed by atoms with Crippen LogP contribution in [0.3, 0.4) is 0 Å². The molecule has 2 heterocycles. The molecule has 0 atom stereocenters. The number of phenols is 1. The summed E-state index contributed by atoms with van der Waals surface area (Å²) in [4.78, 5) is 13.3. The molecule has 0 radical (unpaired) electrons. The number of aromatic amines is 1. The number of nitrogen functional groups attached to an aromatic ring is 1. The maximum Gasteiger partial charge on any atom is 0.243 e. The number of amides is 1. The first-order valence-corrected chi connectivity index (χ1v) is 9.89. The van der Waals surface area contributed by atoms with Crippen LogP contribution < -0.4 is 16.8 Å². The molecule has 1 aliphatic rings. The van der Waals surface area contributed by atoms with E-state index in [9.17, 15) is 9.90 Å². The van der Waals surface area contributed by atoms with Gasteiger partial charge < -0.3 is 31.6 Å². The van der Waals surface area contributed by atoms with E-state index in [2.05, 4.69) is 30.7 Å². The molecule has 1 fully saturated rings. The maximum atomic E-state index is 9.97. The quantitative estimate of drug-likeness (QED) is 0.493. The van der Waals surface area contributed by atoms with Crippen LogP contribution in [0.5, 0.6) is 5.75 Å². The molecule has 1 aromatic carbocycles. The van der Waals surface area contributed by atoms with Gasteiger partial charge in [0, 0.05) is 48.2 Å². The predicted octanol–water partition coefficient (Wildman–Crippen LogP) is 3.05. The van der Waals surface area contributed by atoms with Crippen molar-refractivity contribution in [3.8, 4) is 5.75 Å². The van der Waals surface area contributed by atoms with E-state index in [1.54, 1.807) is 25.2 Å². The molecule has 7 nitrogen and oxygen atoms in total. The van der Waals surface area contributed by atoms with E-state index in [0.29, 0.717) is 17.1 Å². The van der Waals surface area contributed by atoms with E-state index < -0.39 is 0 Å². The van der Waals surface area contributed by atoms with E-state index in [1.165, 1.54) is 6.08 Å². The number of phenolic OH excluding ortho intramolecular Hbond substituents is 1. The summed E-state index contributed by atoms with van der Waals surface area (Å²) in [5.41, 5.74) is 16.7. The molecule has 162 valence electrons. The fourth-order valence-electron chi connectivity index (χ4n) is 3.55. The van der Waals surface area contributed by atoms with Crippen molar-refractivity contribution in [3.63, 3.8) is 0 Å². The number of para-hydroxylation sites is 1. The van der Waals surface area contributed by atoms with Gasteiger partial charge in [0.2, 0.25) is 5.91 Å². The van der Waals surface area contributed by atoms with E-state index in [-0.39, 0.29) is 17.1 Å². The smallest absolute Gasteiger partial charge is 0.243 e. The van der Waals surface area contributed by atoms with Gasteiger partial charge in [-0.2, -0.15) is 0 Å². The number of ether oxygens (including phenoxy) is 1. The van der Waals surface area contributed by atoms with Crippen LogP contribution in [-0.4, -0.2) is 36.3 Å². The standard InChI is InChI=1S/C19H25N3O2.C4H7NO/c1-12-14(11-15(20)13-5-3-4-6-16(13)23)18(21)22-17(12)19(2)7-9-24-10-8-19;1-3-4(6)5-2/h3-6,11,22-23H,7-10,20-21H2,1-2H3;3H,1H2,2H3,(H,5,6)/b15-11-;. The third-order valence-electron chi connectivity index (χ3n) is 5.48. The molecule has 7 N–H and O–H groups in total. The summed E-state index contributed by atoms with van der Waals surface area (Å²) in [6.07, 6.45) is 4.99. The number of hydrogen-bond donors (Lipinski definition) is 5. The Morgan fingerprint density at radius 3 is 2.50 bits per heavy atom. The number of hydrogen-bond acceptors (Lipinski definition) is 5. The zero-order valence-electron chi connectivity index (χ0n) is 17.9. The second-order valence-corrected chi connectivity index (χ2v) is 7.56. The van der Waals surface area contributed by atoms with Crippen molar-refractivity contribution in [3.05, 3.63) is 59.3 Å². The van der Waals surface area contributed by atoms with Crippen molar-refractivity contribution in [1.82, 2.24) is 10.3 Å². The van der Waals surface area contributed by atoms with Crippen LogP contribution in [-0.2, 0) is 14.9 Å². The average molecular weight is 413 g/mol. The topological polar surface area (TPSA) is 126 Å². The SMILES string of the molecule is C=CC(=O)NC.Cc1c(C2(C)CCOCC2)[nH]c(N)c1/C=C(\N)c1ccccc1O. The highest BCUT2D eigenvalue weighted by Crippen LogP contribution is 2.39. The first kappa shape index (κ1) is 23.1. The van der Waals surface area contributed by atoms with Crippen molar-refractivity contribution in [2.24, 2.45) is 5.73 Å². The molecule has 0 aliphatic carbocycles. The highest BCUT2D eigenvalue weighted by Gasteiger charge is 2.33. The van der Waals surface area contributed by atoms with Crippen LogP contribution in [0.2, 0.25) is 0 Å². The monoisotopic (exact) mass is 412 g/mol. The summed E-state index contributed by atoms with van der Waals surface area (Å²) in [6.45, 7) is 9.05. The third-order valence-corrected chi connectivity index (χ3v) is 5.48. The number of carbonyl (C=O) groups is 1. The van der Waals surface area contributed by atoms with Crippen LogP contribution in [0.25, 0.3) is 11.8 Å². The van der Waals surface area contributed by atoms with Gasteiger partial charge in [-0.15, -0.1) is 0 Å². The minimum absolute atomic E-state index is 0.0339. The van der Waals surface area contributed by atoms with E-state index in [1.807, 2.05) is 12.1 Å². The van der Waals surface area contributed by atoms with Crippen molar-refractivity contribution in [2.45, 2.75) is 32.1 Å². The van der Waals surface area contributed by atoms with Gasteiger partial charge in [0.15, 0.2) is 0 Å². The van der Waals surface area contributed by atoms with E-state index in [4.69, 9.17) is 16.2 Å². The van der Waals surface area contributed by atoms with Crippen molar-refractivity contribution >= 4 is 23.5 Å². The number of nitrogens with one attached hydrogen (secondary N) is 2. The van der Waals surface area contributed by atoms with Crippen LogP contribution in [0.4, 0.5) is 5.82 Å². The lowest BCUT2D eigenvalue weighted by atomic mass is 9.77. The largest absolute Gasteiger partial charge is 0.507 e. The van der Waals surface area contributed by atoms with Crippen LogP contribution in [0.1, 0.15) is 42.1 Å². The number of rotatable bonds is 4. The Morgan fingerprint density at radius 2 is 1.97 bits per heavy atom. The molecule has 0 spiro atoms. The zero-order valence-corrected chi connectivity index (χ0v) is 17.9. The number of aromatic hydroxyl groups is 1. The summed E-state index contributed by atoms with van der Waals surface area (Å²) in [6, 6.07) is 7.03. The second-order valence-electron chi connectivity index (χ2n) is 7.56. The van der Waals surface area contributed by atoms with Gasteiger partial charge in [0.1, 0.15) is 11.6 Å². The molecule has 1 saturated heterocycles. The number of nitrogens with two attached hydrogens (primary N) is 2. The number of anilines is 1. The van der Waals surface area contributed by atoms with Crippen LogP contribution >= 0.6 is 0 Å². The molecule has 0 saturated carbocycles. The normalized spacial score (nSPS) is 15.6. The summed E-state index contributed by atoms with van der Waals surface area (Å²) in [5, 5.41) is 12.3. The molecule has 7 heteroatoms. The number of aromatic nitrogens is 1. The number of benzene rings is 1. The second kappa shape index (κ2) is 10.0. The summed E-state index contributed by atoms with van der Waals surface area (Å²) >= 11 is 0. The highest BCUT2D eigenvalue weighted by atomic mass is 16.5. The lowest BCUT2D eigenvalue weighted by Crippen LogP contribution is -2.31. The van der Waals surface area contributed by atoms with Gasteiger partial charge in [-0.25, -0.2) is 0 Å². The Morgan fingerprint density at radius 1 is 1.33 bits per heavy atom. The minimum atomic E-state index is -0.144. The lowest BCUT2D eigenvalue weighted by molar-refractivity contribution is -0.116. The Bertz CT molecular complexity index is 925. The molecular formula is C23H32N4O3. The van der Waals surface area contributed by atoms with Gasteiger partial charge in [-0.05, 0) is 49.6 Å². The molecule has 0 unspecified atom stereocenters. The van der Waals surface area contributed by atoms with Gasteiger partial charge in [0.05, 0.1) is 0 Å². The Hall–Kier alpha value is -3.19. The third kappa shape index (κ3) is 5.24. The number of H-pyrrole nitrogens is 1. The first-order chi connectivity index (χ1) is 14.2. The molecule has 1 amide bonds. The molecule has 0 bridgehead atoms. The number of carbonyl (C=O) groups excluding carboxylic acids is 1. The first-order valence-electron chi connectivity index (χ1n) is 9.89. The highest BCUT2D eigenvalue weighted by molar-refractivity contribution is 5.86. The summed E-state index contributed by atoms with van der Waals surface area (Å²) < 4.78 is 5.49. The minimum Gasteiger partial charge on any atom is -0.507 e. The van der Waals surface area contributed by atoms with Crippen LogP contribution in [0.15, 0.2) is 36.9 Å². The molecule has 2 aromatic rings. The summed E-state index contributed by atoms with van der Waals surface area (Å²) in [5.74, 6) is 0.623. The average Bonchev–Trinajstić information content (AvgIpc) is 3.03. The Balaban J connectivity index is 0.000000469. The van der Waals surface area contributed by atoms with Gasteiger partial charge in [0.25, 0.3) is 0 Å².